The average Bonchev–Trinajstić information content (AvgIpc) is 3.20. The largest absolute Gasteiger partial charge is 0.378 e. The van der Waals surface area contributed by atoms with Crippen molar-refractivity contribution < 1.29 is 9.53 Å². The number of nitrogens with zero attached hydrogens (tertiary/aromatic N) is 4. The number of aromatic nitrogens is 3. The highest BCUT2D eigenvalue weighted by atomic mass is 32.1. The molecular weight excluding hydrogens is 372 g/mol. The second kappa shape index (κ2) is 7.31. The topological polar surface area (TPSA) is 68.2 Å². The van der Waals surface area contributed by atoms with E-state index in [2.05, 4.69) is 26.1 Å². The molecule has 3 aromatic rings. The number of Topliss-reactive ketones (excluding diaryl/α,β-unsaturated/α-hetero) is 1. The fraction of sp³-hybridized carbons (Fsp3) is 0.429. The third kappa shape index (κ3) is 3.45. The van der Waals surface area contributed by atoms with E-state index >= 15 is 0 Å². The molecule has 2 aliphatic heterocycles. The molecule has 5 rings (SSSR count). The highest BCUT2D eigenvalue weighted by Crippen LogP contribution is 2.29. The smallest absolute Gasteiger partial charge is 0.152 e. The van der Waals surface area contributed by atoms with Crippen LogP contribution in [0.2, 0.25) is 0 Å². The molecule has 0 N–H and O–H groups in total. The van der Waals surface area contributed by atoms with Gasteiger partial charge in [-0.25, -0.2) is 0 Å². The number of ketones is 1. The Bertz CT molecular complexity index is 1020. The molecular formula is C21H22N4O2S. The van der Waals surface area contributed by atoms with Crippen LogP contribution in [0, 0.1) is 6.92 Å². The molecule has 0 radical (unpaired) electrons. The molecule has 2 saturated heterocycles. The highest BCUT2D eigenvalue weighted by molar-refractivity contribution is 7.14. The Morgan fingerprint density at radius 1 is 1.18 bits per heavy atom. The van der Waals surface area contributed by atoms with Crippen LogP contribution in [0.1, 0.15) is 23.5 Å². The lowest BCUT2D eigenvalue weighted by Gasteiger charge is -2.33. The Morgan fingerprint density at radius 2 is 2.00 bits per heavy atom. The Kier molecular flexibility index (Phi) is 4.66. The summed E-state index contributed by atoms with van der Waals surface area (Å²) >= 11 is 1.58. The first-order chi connectivity index (χ1) is 13.7. The predicted molar refractivity (Wildman–Crippen MR) is 108 cm³/mol. The van der Waals surface area contributed by atoms with E-state index in [0.29, 0.717) is 25.0 Å². The molecule has 1 aromatic carbocycles. The highest BCUT2D eigenvalue weighted by Gasteiger charge is 2.37. The molecule has 6 nitrogen and oxygen atoms in total. The van der Waals surface area contributed by atoms with Gasteiger partial charge in [0.15, 0.2) is 5.78 Å². The first kappa shape index (κ1) is 17.8. The molecule has 4 heterocycles. The van der Waals surface area contributed by atoms with Gasteiger partial charge in [-0.05, 0) is 37.3 Å². The summed E-state index contributed by atoms with van der Waals surface area (Å²) in [5, 5.41) is 12.3. The Hall–Kier alpha value is -2.22. The molecule has 0 spiro atoms. The van der Waals surface area contributed by atoms with Gasteiger partial charge in [0.2, 0.25) is 0 Å². The van der Waals surface area contributed by atoms with Crippen molar-refractivity contribution in [3.05, 3.63) is 41.2 Å². The first-order valence-corrected chi connectivity index (χ1v) is 10.5. The third-order valence-electron chi connectivity index (χ3n) is 5.68. The normalized spacial score (nSPS) is 22.0. The fourth-order valence-electron chi connectivity index (χ4n) is 4.26. The van der Waals surface area contributed by atoms with Crippen LogP contribution in [0.15, 0.2) is 30.5 Å². The summed E-state index contributed by atoms with van der Waals surface area (Å²) in [7, 11) is 0. The van der Waals surface area contributed by atoms with Crippen molar-refractivity contribution in [3.8, 4) is 10.6 Å². The van der Waals surface area contributed by atoms with E-state index in [1.807, 2.05) is 31.3 Å². The molecule has 2 atom stereocenters. The van der Waals surface area contributed by atoms with Gasteiger partial charge >= 0.3 is 0 Å². The number of rotatable bonds is 5. The summed E-state index contributed by atoms with van der Waals surface area (Å²) in [5.41, 5.74) is 1.87. The van der Waals surface area contributed by atoms with E-state index in [-0.39, 0.29) is 5.78 Å². The van der Waals surface area contributed by atoms with Crippen molar-refractivity contribution in [3.63, 3.8) is 0 Å². The van der Waals surface area contributed by atoms with Gasteiger partial charge in [0.1, 0.15) is 10.0 Å². The molecule has 2 aliphatic rings. The molecule has 0 saturated carbocycles. The zero-order chi connectivity index (χ0) is 19.1. The molecule has 2 bridgehead atoms. The van der Waals surface area contributed by atoms with E-state index in [0.717, 1.165) is 58.1 Å². The van der Waals surface area contributed by atoms with Crippen molar-refractivity contribution in [2.45, 2.75) is 38.3 Å². The second-order valence-corrected chi connectivity index (χ2v) is 8.86. The SMILES string of the molecule is Cc1nnc(-c2ccc3cnc(CC(=O)CN4C5CCC4COC5)cc3c2)s1. The Balaban J connectivity index is 1.33. The van der Waals surface area contributed by atoms with Gasteiger partial charge in [0.05, 0.1) is 26.2 Å². The average molecular weight is 395 g/mol. The molecule has 0 aliphatic carbocycles. The standard InChI is InChI=1S/C21H22N4O2S/c1-13-23-24-21(28-13)14-2-3-15-9-22-17(7-16(15)6-14)8-20(26)10-25-18-4-5-19(25)12-27-11-18/h2-3,6-7,9,18-19H,4-5,8,10-12H2,1H3. The third-order valence-corrected chi connectivity index (χ3v) is 6.57. The zero-order valence-corrected chi connectivity index (χ0v) is 16.6. The van der Waals surface area contributed by atoms with Crippen LogP contribution in [0.5, 0.6) is 0 Å². The van der Waals surface area contributed by atoms with Crippen LogP contribution in [-0.4, -0.2) is 57.7 Å². The summed E-state index contributed by atoms with van der Waals surface area (Å²) < 4.78 is 5.61. The summed E-state index contributed by atoms with van der Waals surface area (Å²) in [6, 6.07) is 9.04. The second-order valence-electron chi connectivity index (χ2n) is 7.67. The van der Waals surface area contributed by atoms with E-state index < -0.39 is 0 Å². The number of carbonyl (C=O) groups excluding carboxylic acids is 1. The number of fused-ring (bicyclic) bond motifs is 3. The van der Waals surface area contributed by atoms with Gasteiger partial charge in [-0.1, -0.05) is 23.5 Å². The fourth-order valence-corrected chi connectivity index (χ4v) is 4.95. The lowest BCUT2D eigenvalue weighted by molar-refractivity contribution is -0.122. The quantitative estimate of drug-likeness (QED) is 0.663. The number of aryl methyl sites for hydroxylation is 1. The maximum Gasteiger partial charge on any atom is 0.152 e. The molecule has 2 unspecified atom stereocenters. The lowest BCUT2D eigenvalue weighted by Crippen LogP contribution is -2.48. The zero-order valence-electron chi connectivity index (χ0n) is 15.8. The number of hydrogen-bond donors (Lipinski definition) is 0. The van der Waals surface area contributed by atoms with Crippen molar-refractivity contribution in [2.75, 3.05) is 19.8 Å². The maximum absolute atomic E-state index is 12.7. The Morgan fingerprint density at radius 3 is 2.75 bits per heavy atom. The number of ether oxygens (including phenoxy) is 1. The van der Waals surface area contributed by atoms with Gasteiger partial charge in [0.25, 0.3) is 0 Å². The maximum atomic E-state index is 12.7. The number of pyridine rings is 1. The van der Waals surface area contributed by atoms with Gasteiger partial charge in [-0.2, -0.15) is 0 Å². The van der Waals surface area contributed by atoms with Crippen LogP contribution >= 0.6 is 11.3 Å². The van der Waals surface area contributed by atoms with E-state index in [9.17, 15) is 4.79 Å². The summed E-state index contributed by atoms with van der Waals surface area (Å²) in [5.74, 6) is 0.224. The molecule has 2 fully saturated rings. The number of hydrogen-bond acceptors (Lipinski definition) is 7. The minimum absolute atomic E-state index is 0.224. The van der Waals surface area contributed by atoms with Crippen LogP contribution in [0.25, 0.3) is 21.3 Å². The lowest BCUT2D eigenvalue weighted by atomic mass is 10.1. The molecule has 28 heavy (non-hydrogen) atoms. The van der Waals surface area contributed by atoms with Gasteiger partial charge in [-0.3, -0.25) is 14.7 Å². The monoisotopic (exact) mass is 394 g/mol. The van der Waals surface area contributed by atoms with Gasteiger partial charge in [-0.15, -0.1) is 10.2 Å². The number of carbonyl (C=O) groups is 1. The van der Waals surface area contributed by atoms with Crippen molar-refractivity contribution in [2.24, 2.45) is 0 Å². The number of morpholine rings is 1. The van der Waals surface area contributed by atoms with Crippen molar-refractivity contribution in [1.82, 2.24) is 20.1 Å². The van der Waals surface area contributed by atoms with Crippen LogP contribution in [0.3, 0.4) is 0 Å². The first-order valence-electron chi connectivity index (χ1n) is 9.70. The van der Waals surface area contributed by atoms with E-state index in [4.69, 9.17) is 4.74 Å². The summed E-state index contributed by atoms with van der Waals surface area (Å²) in [4.78, 5) is 19.5. The van der Waals surface area contributed by atoms with E-state index in [1.54, 1.807) is 11.3 Å². The number of benzene rings is 1. The van der Waals surface area contributed by atoms with Crippen molar-refractivity contribution in [1.29, 1.82) is 0 Å². The molecule has 144 valence electrons. The summed E-state index contributed by atoms with van der Waals surface area (Å²) in [6.45, 7) is 3.97. The minimum Gasteiger partial charge on any atom is -0.378 e. The van der Waals surface area contributed by atoms with Crippen LogP contribution in [0.4, 0.5) is 0 Å². The molecule has 2 aromatic heterocycles. The van der Waals surface area contributed by atoms with Crippen molar-refractivity contribution >= 4 is 27.9 Å². The van der Waals surface area contributed by atoms with Crippen LogP contribution in [-0.2, 0) is 16.0 Å². The van der Waals surface area contributed by atoms with Gasteiger partial charge in [0, 0.05) is 34.9 Å². The van der Waals surface area contributed by atoms with Gasteiger partial charge < -0.3 is 4.74 Å². The predicted octanol–water partition coefficient (Wildman–Crippen LogP) is 3.04. The van der Waals surface area contributed by atoms with E-state index in [1.165, 1.54) is 0 Å². The van der Waals surface area contributed by atoms with Crippen LogP contribution < -0.4 is 0 Å². The molecule has 0 amide bonds. The summed E-state index contributed by atoms with van der Waals surface area (Å²) in [6.07, 6.45) is 4.50. The Labute approximate surface area is 167 Å². The molecule has 7 heteroatoms. The minimum atomic E-state index is 0.224.